The topological polar surface area (TPSA) is 129 Å². The summed E-state index contributed by atoms with van der Waals surface area (Å²) in [5.41, 5.74) is 3.44. The van der Waals surface area contributed by atoms with E-state index in [1.54, 1.807) is 7.11 Å². The SMILES string of the molecule is CO[C](=[W])[C@@H]1[C@@H](c2ccc(C)cc2)[C@@]1(c1ccccc1)C(C)O.[C-]#[O+].[C-]#[O+].[C-]#[O+].[C-]#[O+].[C-]#[O+]. The first kappa shape index (κ1) is 35.2. The summed E-state index contributed by atoms with van der Waals surface area (Å²) in [6.07, 6.45) is -0.439. The molecule has 2 aromatic carbocycles. The van der Waals surface area contributed by atoms with Crippen LogP contribution in [-0.4, -0.2) is 22.4 Å². The maximum atomic E-state index is 10.7. The van der Waals surface area contributed by atoms with Crippen LogP contribution in [-0.2, 0) is 52.8 Å². The van der Waals surface area contributed by atoms with E-state index in [0.29, 0.717) is 0 Å². The van der Waals surface area contributed by atoms with Gasteiger partial charge in [0.1, 0.15) is 0 Å². The standard InChI is InChI=1S/C20H22O2.5CO.W/c1-14-9-11-16(12-10-14)19-18(13-22-3)20(19,15(2)21)17-7-5-4-6-8-17;5*1-2;/h4-12,15,18-19,21H,1-3H3;;;;;;/t15?,18-,19-,20-;;;;;;/m1....../s1. The molecule has 3 rings (SSSR count). The Morgan fingerprint density at radius 3 is 1.67 bits per heavy atom. The van der Waals surface area contributed by atoms with Crippen molar-refractivity contribution in [3.63, 3.8) is 0 Å². The first-order valence-corrected chi connectivity index (χ1v) is 10.4. The Bertz CT molecular complexity index is 877. The molecular weight excluding hydrogens is 596 g/mol. The Balaban J connectivity index is -0.000000798. The van der Waals surface area contributed by atoms with Gasteiger partial charge in [-0.05, 0) is 0 Å². The van der Waals surface area contributed by atoms with Gasteiger partial charge in [-0.15, -0.1) is 0 Å². The second-order valence-electron chi connectivity index (χ2n) is 6.36. The molecule has 0 radical (unpaired) electrons. The van der Waals surface area contributed by atoms with Crippen LogP contribution in [0.5, 0.6) is 0 Å². The van der Waals surface area contributed by atoms with Gasteiger partial charge in [0.25, 0.3) is 0 Å². The molecule has 0 bridgehead atoms. The van der Waals surface area contributed by atoms with Gasteiger partial charge in [-0.2, -0.15) is 0 Å². The van der Waals surface area contributed by atoms with E-state index in [-0.39, 0.29) is 17.3 Å². The third kappa shape index (κ3) is 8.48. The van der Waals surface area contributed by atoms with E-state index in [1.165, 1.54) is 36.0 Å². The molecule has 4 atom stereocenters. The number of methoxy groups -OCH3 is 1. The van der Waals surface area contributed by atoms with Crippen molar-refractivity contribution in [2.45, 2.75) is 31.3 Å². The fourth-order valence-corrected chi connectivity index (χ4v) is 5.14. The van der Waals surface area contributed by atoms with E-state index in [0.717, 1.165) is 4.08 Å². The zero-order chi connectivity index (χ0) is 26.6. The van der Waals surface area contributed by atoms with Crippen molar-refractivity contribution in [2.75, 3.05) is 7.11 Å². The number of aryl methyl sites for hydroxylation is 1. The van der Waals surface area contributed by atoms with Gasteiger partial charge in [0.2, 0.25) is 0 Å². The molecule has 2 aromatic rings. The average Bonchev–Trinajstić information content (AvgIpc) is 3.62. The molecule has 0 aliphatic heterocycles. The Morgan fingerprint density at radius 1 is 0.879 bits per heavy atom. The number of rotatable bonds is 5. The summed E-state index contributed by atoms with van der Waals surface area (Å²) >= 11 is 1.34. The summed E-state index contributed by atoms with van der Waals surface area (Å²) in [7, 11) is 1.74. The molecule has 1 fully saturated rings. The molecule has 33 heavy (non-hydrogen) atoms. The van der Waals surface area contributed by atoms with Crippen LogP contribution < -0.4 is 0 Å². The van der Waals surface area contributed by atoms with E-state index < -0.39 is 6.10 Å². The van der Waals surface area contributed by atoms with Crippen molar-refractivity contribution in [1.29, 1.82) is 0 Å². The zero-order valence-electron chi connectivity index (χ0n) is 18.2. The molecule has 170 valence electrons. The van der Waals surface area contributed by atoms with Gasteiger partial charge in [-0.1, -0.05) is 0 Å². The van der Waals surface area contributed by atoms with Crippen LogP contribution in [0.15, 0.2) is 54.6 Å². The van der Waals surface area contributed by atoms with E-state index in [9.17, 15) is 5.11 Å². The summed E-state index contributed by atoms with van der Waals surface area (Å²) in [6.45, 7) is 26.5. The number of aliphatic hydroxyl groups is 1. The molecular formula is C25H22O7W. The summed E-state index contributed by atoms with van der Waals surface area (Å²) in [5.74, 6) is 0.491. The van der Waals surface area contributed by atoms with Crippen molar-refractivity contribution >= 4 is 4.08 Å². The monoisotopic (exact) mass is 618 g/mol. The maximum absolute atomic E-state index is 10.7. The van der Waals surface area contributed by atoms with Crippen molar-refractivity contribution in [2.24, 2.45) is 5.92 Å². The molecule has 1 unspecified atom stereocenters. The van der Waals surface area contributed by atoms with Crippen LogP contribution in [0.3, 0.4) is 0 Å². The van der Waals surface area contributed by atoms with Gasteiger partial charge in [0.05, 0.1) is 0 Å². The molecule has 1 aliphatic rings. The average molecular weight is 618 g/mol. The summed E-state index contributed by atoms with van der Waals surface area (Å²) in [6, 6.07) is 19.1. The van der Waals surface area contributed by atoms with Crippen LogP contribution in [0.4, 0.5) is 0 Å². The number of ether oxygens (including phenoxy) is 1. The Hall–Kier alpha value is -2.38. The Kier molecular flexibility index (Phi) is 21.6. The van der Waals surface area contributed by atoms with Gasteiger partial charge >= 0.3 is 205 Å². The van der Waals surface area contributed by atoms with E-state index in [2.05, 4.69) is 88.7 Å². The van der Waals surface area contributed by atoms with Crippen LogP contribution in [0.2, 0.25) is 0 Å². The van der Waals surface area contributed by atoms with Gasteiger partial charge in [0, 0.05) is 0 Å². The van der Waals surface area contributed by atoms with Gasteiger partial charge in [0.15, 0.2) is 0 Å². The predicted molar refractivity (Wildman–Crippen MR) is 109 cm³/mol. The third-order valence-corrected chi connectivity index (χ3v) is 6.62. The molecule has 1 aliphatic carbocycles. The fourth-order valence-electron chi connectivity index (χ4n) is 3.95. The van der Waals surface area contributed by atoms with Crippen LogP contribution in [0.1, 0.15) is 29.5 Å². The number of aliphatic hydroxyl groups excluding tert-OH is 1. The van der Waals surface area contributed by atoms with E-state index in [4.69, 9.17) is 28.0 Å². The van der Waals surface area contributed by atoms with Crippen molar-refractivity contribution < 1.29 is 52.5 Å². The van der Waals surface area contributed by atoms with Gasteiger partial charge in [-0.3, -0.25) is 0 Å². The quantitative estimate of drug-likeness (QED) is 0.408. The molecule has 1 N–H and O–H groups in total. The molecule has 8 heteroatoms. The second-order valence-corrected chi connectivity index (χ2v) is 7.81. The van der Waals surface area contributed by atoms with Crippen molar-refractivity contribution in [3.05, 3.63) is 105 Å². The molecule has 0 saturated heterocycles. The normalized spacial score (nSPS) is 19.5. The Morgan fingerprint density at radius 2 is 1.30 bits per heavy atom. The summed E-state index contributed by atoms with van der Waals surface area (Å²) in [5, 5.41) is 10.7. The van der Waals surface area contributed by atoms with Crippen molar-refractivity contribution in [1.82, 2.24) is 0 Å². The minimum absolute atomic E-state index is 0.229. The fraction of sp³-hybridized carbons (Fsp3) is 0.280. The number of benzene rings is 2. The first-order valence-electron chi connectivity index (χ1n) is 8.93. The minimum atomic E-state index is -0.439. The molecule has 7 nitrogen and oxygen atoms in total. The van der Waals surface area contributed by atoms with E-state index in [1.807, 2.05) is 13.0 Å². The van der Waals surface area contributed by atoms with Gasteiger partial charge < -0.3 is 0 Å². The zero-order valence-corrected chi connectivity index (χ0v) is 21.2. The van der Waals surface area contributed by atoms with Crippen LogP contribution in [0.25, 0.3) is 0 Å². The molecule has 0 amide bonds. The van der Waals surface area contributed by atoms with Crippen LogP contribution >= 0.6 is 0 Å². The van der Waals surface area contributed by atoms with Crippen LogP contribution in [0, 0.1) is 46.1 Å². The Labute approximate surface area is 205 Å². The van der Waals surface area contributed by atoms with Gasteiger partial charge in [-0.25, -0.2) is 0 Å². The predicted octanol–water partition coefficient (Wildman–Crippen LogP) is 3.16. The molecule has 0 heterocycles. The number of hydrogen-bond acceptors (Lipinski definition) is 2. The summed E-state index contributed by atoms with van der Waals surface area (Å²) < 4.78 is 44.2. The number of hydrogen-bond donors (Lipinski definition) is 1. The molecule has 0 aromatic heterocycles. The van der Waals surface area contributed by atoms with E-state index >= 15 is 0 Å². The first-order chi connectivity index (χ1) is 16.0. The second kappa shape index (κ2) is 20.2. The summed E-state index contributed by atoms with van der Waals surface area (Å²) in [4.78, 5) is 0. The third-order valence-electron chi connectivity index (χ3n) is 5.11. The molecule has 0 spiro atoms. The van der Waals surface area contributed by atoms with Crippen molar-refractivity contribution in [3.8, 4) is 0 Å². The molecule has 1 saturated carbocycles.